The third-order valence-corrected chi connectivity index (χ3v) is 1.12. The number of ether oxygens (including phenoxy) is 2. The Hall–Kier alpha value is -1.30. The maximum atomic E-state index is 10.6. The van der Waals surface area contributed by atoms with Crippen LogP contribution in [0.2, 0.25) is 0 Å². The lowest BCUT2D eigenvalue weighted by atomic mass is 10.1. The molecule has 0 aromatic carbocycles. The third-order valence-electron chi connectivity index (χ3n) is 1.12. The molecule has 0 unspecified atom stereocenters. The van der Waals surface area contributed by atoms with E-state index in [1.165, 1.54) is 0 Å². The average Bonchev–Trinajstić information content (AvgIpc) is 2.03. The van der Waals surface area contributed by atoms with Gasteiger partial charge in [-0.05, 0) is 0 Å². The van der Waals surface area contributed by atoms with Gasteiger partial charge in [-0.15, -0.1) is 12.4 Å². The van der Waals surface area contributed by atoms with Crippen LogP contribution in [0.3, 0.4) is 0 Å². The Morgan fingerprint density at radius 2 is 1.38 bits per heavy atom. The molecule has 0 radical (unpaired) electrons. The second-order valence-electron chi connectivity index (χ2n) is 1.82. The third kappa shape index (κ3) is 3.75. The Kier molecular flexibility index (Phi) is 6.84. The van der Waals surface area contributed by atoms with Crippen molar-refractivity contribution in [2.75, 3.05) is 14.2 Å². The highest BCUT2D eigenvalue weighted by Gasteiger charge is 2.35. The number of carbonyl (C=O) groups is 3. The lowest BCUT2D eigenvalue weighted by Gasteiger charge is -2.06. The number of aliphatic carboxylic acids is 1. The van der Waals surface area contributed by atoms with E-state index in [1.807, 2.05) is 0 Å². The first-order valence-electron chi connectivity index (χ1n) is 2.93. The highest BCUT2D eigenvalue weighted by molar-refractivity contribution is 6.11. The summed E-state index contributed by atoms with van der Waals surface area (Å²) in [5.41, 5.74) is 0. The van der Waals surface area contributed by atoms with Gasteiger partial charge in [0.05, 0.1) is 14.2 Å². The molecule has 0 aliphatic heterocycles. The highest BCUT2D eigenvalue weighted by atomic mass is 35.5. The lowest BCUT2D eigenvalue weighted by Crippen LogP contribution is -2.33. The maximum absolute atomic E-state index is 10.6. The Morgan fingerprint density at radius 1 is 1.08 bits per heavy atom. The summed E-state index contributed by atoms with van der Waals surface area (Å²) in [6.45, 7) is 0. The molecule has 0 saturated carbocycles. The van der Waals surface area contributed by atoms with Crippen molar-refractivity contribution in [3.05, 3.63) is 0 Å². The van der Waals surface area contributed by atoms with Crippen LogP contribution in [0.1, 0.15) is 0 Å². The van der Waals surface area contributed by atoms with E-state index in [9.17, 15) is 14.4 Å². The summed E-state index contributed by atoms with van der Waals surface area (Å²) in [7, 11) is 1.97. The molecule has 0 aliphatic carbocycles. The number of hydrogen-bond acceptors (Lipinski definition) is 5. The smallest absolute Gasteiger partial charge is 0.331 e. The van der Waals surface area contributed by atoms with Gasteiger partial charge in [-0.25, -0.2) is 0 Å². The molecule has 0 bridgehead atoms. The number of carboxylic acids is 1. The topological polar surface area (TPSA) is 89.9 Å². The summed E-state index contributed by atoms with van der Waals surface area (Å²) in [5, 5.41) is 8.37. The molecular weight excluding hydrogens is 204 g/mol. The number of hydrogen-bond donors (Lipinski definition) is 1. The fraction of sp³-hybridized carbons (Fsp3) is 0.500. The predicted octanol–water partition coefficient (Wildman–Crippen LogP) is -0.545. The lowest BCUT2D eigenvalue weighted by molar-refractivity contribution is -0.167. The fourth-order valence-corrected chi connectivity index (χ4v) is 0.534. The molecule has 13 heavy (non-hydrogen) atoms. The van der Waals surface area contributed by atoms with Crippen molar-refractivity contribution in [3.8, 4) is 0 Å². The molecule has 0 aliphatic rings. The molecule has 7 heteroatoms. The highest BCUT2D eigenvalue weighted by Crippen LogP contribution is 2.01. The van der Waals surface area contributed by atoms with Gasteiger partial charge in [-0.2, -0.15) is 0 Å². The summed E-state index contributed by atoms with van der Waals surface area (Å²) in [4.78, 5) is 31.6. The molecule has 76 valence electrons. The van der Waals surface area contributed by atoms with Crippen LogP contribution in [0, 0.1) is 5.92 Å². The zero-order valence-electron chi connectivity index (χ0n) is 6.97. The molecule has 0 rings (SSSR count). The largest absolute Gasteiger partial charge is 0.480 e. The molecule has 6 nitrogen and oxygen atoms in total. The van der Waals surface area contributed by atoms with Gasteiger partial charge in [0.1, 0.15) is 0 Å². The fourth-order valence-electron chi connectivity index (χ4n) is 0.534. The number of carboxylic acid groups (broad SMARTS) is 1. The first-order valence-corrected chi connectivity index (χ1v) is 2.93. The zero-order valence-corrected chi connectivity index (χ0v) is 7.79. The van der Waals surface area contributed by atoms with Crippen molar-refractivity contribution in [2.24, 2.45) is 5.92 Å². The first kappa shape index (κ1) is 14.2. The van der Waals surface area contributed by atoms with Crippen molar-refractivity contribution < 1.29 is 29.0 Å². The molecule has 0 spiro atoms. The van der Waals surface area contributed by atoms with E-state index in [4.69, 9.17) is 5.11 Å². The molecule has 0 heterocycles. The minimum absolute atomic E-state index is 0. The van der Waals surface area contributed by atoms with E-state index in [0.717, 1.165) is 14.2 Å². The van der Waals surface area contributed by atoms with E-state index in [0.29, 0.717) is 0 Å². The molecule has 0 aromatic heterocycles. The van der Waals surface area contributed by atoms with Crippen LogP contribution < -0.4 is 0 Å². The Balaban J connectivity index is 0. The number of esters is 2. The van der Waals surface area contributed by atoms with Gasteiger partial charge >= 0.3 is 17.9 Å². The molecule has 0 atom stereocenters. The summed E-state index contributed by atoms with van der Waals surface area (Å²) >= 11 is 0. The zero-order chi connectivity index (χ0) is 9.72. The molecule has 1 N–H and O–H groups in total. The van der Waals surface area contributed by atoms with Crippen LogP contribution in [-0.4, -0.2) is 37.2 Å². The maximum Gasteiger partial charge on any atom is 0.331 e. The van der Waals surface area contributed by atoms with E-state index >= 15 is 0 Å². The molecular formula is C6H9ClO6. The minimum atomic E-state index is -1.89. The minimum Gasteiger partial charge on any atom is -0.480 e. The van der Waals surface area contributed by atoms with E-state index in [-0.39, 0.29) is 12.4 Å². The SMILES string of the molecule is COC(=O)C(C(=O)O)C(=O)OC.Cl. The number of rotatable bonds is 3. The summed E-state index contributed by atoms with van der Waals surface area (Å²) < 4.78 is 8.15. The molecule has 0 fully saturated rings. The second-order valence-corrected chi connectivity index (χ2v) is 1.82. The average molecular weight is 213 g/mol. The van der Waals surface area contributed by atoms with Gasteiger partial charge < -0.3 is 14.6 Å². The normalized spacial score (nSPS) is 8.54. The van der Waals surface area contributed by atoms with Crippen LogP contribution >= 0.6 is 12.4 Å². The number of methoxy groups -OCH3 is 2. The van der Waals surface area contributed by atoms with Crippen LogP contribution in [0.4, 0.5) is 0 Å². The molecule has 0 aromatic rings. The van der Waals surface area contributed by atoms with E-state index < -0.39 is 23.8 Å². The van der Waals surface area contributed by atoms with Crippen LogP contribution in [0.15, 0.2) is 0 Å². The summed E-state index contributed by atoms with van der Waals surface area (Å²) in [6.07, 6.45) is 0. The Labute approximate surface area is 80.2 Å². The van der Waals surface area contributed by atoms with Gasteiger partial charge in [-0.1, -0.05) is 0 Å². The van der Waals surface area contributed by atoms with Gasteiger partial charge in [0, 0.05) is 0 Å². The first-order chi connectivity index (χ1) is 5.54. The number of halogens is 1. The van der Waals surface area contributed by atoms with Gasteiger partial charge in [0.2, 0.25) is 0 Å². The summed E-state index contributed by atoms with van der Waals surface area (Å²) in [5.74, 6) is -5.77. The molecule has 0 amide bonds. The van der Waals surface area contributed by atoms with Gasteiger partial charge in [-0.3, -0.25) is 14.4 Å². The van der Waals surface area contributed by atoms with E-state index in [1.54, 1.807) is 0 Å². The Morgan fingerprint density at radius 3 is 1.54 bits per heavy atom. The van der Waals surface area contributed by atoms with Crippen molar-refractivity contribution in [2.45, 2.75) is 0 Å². The Bertz CT molecular complexity index is 197. The van der Waals surface area contributed by atoms with Crippen LogP contribution in [0.5, 0.6) is 0 Å². The van der Waals surface area contributed by atoms with Gasteiger partial charge in [0.25, 0.3) is 5.92 Å². The number of carbonyl (C=O) groups excluding carboxylic acids is 2. The van der Waals surface area contributed by atoms with Crippen molar-refractivity contribution in [3.63, 3.8) is 0 Å². The molecule has 0 saturated heterocycles. The van der Waals surface area contributed by atoms with E-state index in [2.05, 4.69) is 9.47 Å². The van der Waals surface area contributed by atoms with Crippen LogP contribution in [-0.2, 0) is 23.9 Å². The quantitative estimate of drug-likeness (QED) is 0.499. The monoisotopic (exact) mass is 212 g/mol. The van der Waals surface area contributed by atoms with Crippen molar-refractivity contribution in [1.82, 2.24) is 0 Å². The van der Waals surface area contributed by atoms with Crippen molar-refractivity contribution in [1.29, 1.82) is 0 Å². The summed E-state index contributed by atoms with van der Waals surface area (Å²) in [6, 6.07) is 0. The van der Waals surface area contributed by atoms with Crippen molar-refractivity contribution >= 4 is 30.3 Å². The second kappa shape index (κ2) is 6.24. The van der Waals surface area contributed by atoms with Gasteiger partial charge in [0.15, 0.2) is 0 Å². The predicted molar refractivity (Wildman–Crippen MR) is 42.4 cm³/mol. The van der Waals surface area contributed by atoms with Crippen LogP contribution in [0.25, 0.3) is 0 Å². The standard InChI is InChI=1S/C6H8O6.ClH/c1-11-5(9)3(4(7)8)6(10)12-2;/h3H,1-2H3,(H,7,8);1H.